The van der Waals surface area contributed by atoms with Gasteiger partial charge in [-0.05, 0) is 79.1 Å². The molecule has 0 saturated heterocycles. The summed E-state index contributed by atoms with van der Waals surface area (Å²) in [6, 6.07) is 20.5. The molecular formula is C25H22ClN3O3. The summed E-state index contributed by atoms with van der Waals surface area (Å²) in [6.07, 6.45) is 1.54. The molecule has 0 fully saturated rings. The van der Waals surface area contributed by atoms with Gasteiger partial charge in [-0.3, -0.25) is 9.59 Å². The number of nitrogens with one attached hydrogen (secondary N) is 2. The highest BCUT2D eigenvalue weighted by molar-refractivity contribution is 6.30. The standard InChI is InChI=1S/C25H22ClN3O3/c1-16-14-20(10-13-23(16)30)17(2)28-29-25(32)22(15-18-8-11-21(26)12-9-18)27-24(31)19-6-4-3-5-7-19/h3-15,30H,1-2H3,(H,27,31)(H,29,32). The summed E-state index contributed by atoms with van der Waals surface area (Å²) in [6.45, 7) is 3.51. The number of rotatable bonds is 6. The normalized spacial score (nSPS) is 11.7. The molecule has 3 N–H and O–H groups in total. The molecule has 0 heterocycles. The fourth-order valence-corrected chi connectivity index (χ4v) is 2.93. The molecule has 0 bridgehead atoms. The second-order valence-electron chi connectivity index (χ2n) is 7.07. The number of phenols is 1. The van der Waals surface area contributed by atoms with Crippen LogP contribution in [-0.2, 0) is 4.79 Å². The van der Waals surface area contributed by atoms with Crippen molar-refractivity contribution in [1.82, 2.24) is 10.7 Å². The van der Waals surface area contributed by atoms with Gasteiger partial charge in [0.1, 0.15) is 11.4 Å². The zero-order valence-electron chi connectivity index (χ0n) is 17.6. The Kier molecular flexibility index (Phi) is 7.41. The van der Waals surface area contributed by atoms with Gasteiger partial charge in [-0.2, -0.15) is 5.10 Å². The average molecular weight is 448 g/mol. The Morgan fingerprint density at radius 1 is 0.969 bits per heavy atom. The molecule has 0 aliphatic heterocycles. The highest BCUT2D eigenvalue weighted by atomic mass is 35.5. The van der Waals surface area contributed by atoms with Crippen LogP contribution in [0.5, 0.6) is 5.75 Å². The van der Waals surface area contributed by atoms with Crippen LogP contribution in [0.15, 0.2) is 83.6 Å². The predicted octanol–water partition coefficient (Wildman–Crippen LogP) is 4.67. The van der Waals surface area contributed by atoms with Crippen molar-refractivity contribution in [3.05, 3.63) is 106 Å². The lowest BCUT2D eigenvalue weighted by Crippen LogP contribution is -2.33. The van der Waals surface area contributed by atoms with E-state index in [2.05, 4.69) is 15.8 Å². The van der Waals surface area contributed by atoms with Crippen molar-refractivity contribution in [1.29, 1.82) is 0 Å². The first-order valence-electron chi connectivity index (χ1n) is 9.82. The van der Waals surface area contributed by atoms with E-state index in [-0.39, 0.29) is 11.4 Å². The zero-order chi connectivity index (χ0) is 23.1. The quantitative estimate of drug-likeness (QED) is 0.291. The molecule has 0 unspecified atom stereocenters. The van der Waals surface area contributed by atoms with Crippen molar-refractivity contribution >= 4 is 35.2 Å². The van der Waals surface area contributed by atoms with Gasteiger partial charge in [-0.25, -0.2) is 5.43 Å². The molecule has 0 spiro atoms. The van der Waals surface area contributed by atoms with Crippen molar-refractivity contribution in [3.63, 3.8) is 0 Å². The number of carbonyl (C=O) groups is 2. The summed E-state index contributed by atoms with van der Waals surface area (Å²) >= 11 is 5.94. The molecule has 0 aliphatic carbocycles. The highest BCUT2D eigenvalue weighted by Gasteiger charge is 2.15. The molecule has 162 valence electrons. The number of halogens is 1. The number of phenolic OH excluding ortho intramolecular Hbond substituents is 1. The van der Waals surface area contributed by atoms with Gasteiger partial charge in [0.05, 0.1) is 5.71 Å². The highest BCUT2D eigenvalue weighted by Crippen LogP contribution is 2.17. The SMILES string of the molecule is CC(=NNC(=O)C(=Cc1ccc(Cl)cc1)NC(=O)c1ccccc1)c1ccc(O)c(C)c1. The van der Waals surface area contributed by atoms with Crippen LogP contribution in [-0.4, -0.2) is 22.6 Å². The number of benzene rings is 3. The van der Waals surface area contributed by atoms with Gasteiger partial charge in [-0.1, -0.05) is 41.9 Å². The summed E-state index contributed by atoms with van der Waals surface area (Å²) in [5, 5.41) is 17.0. The Balaban J connectivity index is 1.84. The number of aryl methyl sites for hydroxylation is 1. The van der Waals surface area contributed by atoms with E-state index in [1.165, 1.54) is 0 Å². The van der Waals surface area contributed by atoms with Gasteiger partial charge in [0.15, 0.2) is 0 Å². The Morgan fingerprint density at radius 3 is 2.31 bits per heavy atom. The Labute approximate surface area is 191 Å². The number of hydrazone groups is 1. The smallest absolute Gasteiger partial charge is 0.287 e. The summed E-state index contributed by atoms with van der Waals surface area (Å²) in [5.74, 6) is -0.822. The van der Waals surface area contributed by atoms with Gasteiger partial charge >= 0.3 is 0 Å². The molecule has 0 atom stereocenters. The van der Waals surface area contributed by atoms with Crippen LogP contribution in [0.25, 0.3) is 6.08 Å². The Hall–Kier alpha value is -3.90. The van der Waals surface area contributed by atoms with Crippen molar-refractivity contribution < 1.29 is 14.7 Å². The maximum Gasteiger partial charge on any atom is 0.287 e. The van der Waals surface area contributed by atoms with Gasteiger partial charge < -0.3 is 10.4 Å². The van der Waals surface area contributed by atoms with E-state index in [1.54, 1.807) is 92.7 Å². The van der Waals surface area contributed by atoms with E-state index >= 15 is 0 Å². The number of aromatic hydroxyl groups is 1. The van der Waals surface area contributed by atoms with E-state index in [4.69, 9.17) is 11.6 Å². The van der Waals surface area contributed by atoms with Gasteiger partial charge in [0.2, 0.25) is 0 Å². The van der Waals surface area contributed by atoms with E-state index in [0.29, 0.717) is 27.4 Å². The second kappa shape index (κ2) is 10.4. The topological polar surface area (TPSA) is 90.8 Å². The van der Waals surface area contributed by atoms with Crippen molar-refractivity contribution in [2.45, 2.75) is 13.8 Å². The maximum atomic E-state index is 12.9. The zero-order valence-corrected chi connectivity index (χ0v) is 18.4. The van der Waals surface area contributed by atoms with Crippen molar-refractivity contribution in [2.75, 3.05) is 0 Å². The minimum Gasteiger partial charge on any atom is -0.508 e. The van der Waals surface area contributed by atoms with E-state index in [9.17, 15) is 14.7 Å². The van der Waals surface area contributed by atoms with Gasteiger partial charge in [-0.15, -0.1) is 0 Å². The lowest BCUT2D eigenvalue weighted by atomic mass is 10.1. The molecule has 3 aromatic rings. The molecule has 0 aliphatic rings. The molecule has 3 rings (SSSR count). The van der Waals surface area contributed by atoms with Crippen LogP contribution in [0.4, 0.5) is 0 Å². The average Bonchev–Trinajstić information content (AvgIpc) is 2.80. The van der Waals surface area contributed by atoms with Crippen LogP contribution in [0, 0.1) is 6.92 Å². The molecule has 7 heteroatoms. The van der Waals surface area contributed by atoms with Crippen LogP contribution in [0.1, 0.15) is 34.0 Å². The molecule has 3 aromatic carbocycles. The summed E-state index contributed by atoms with van der Waals surface area (Å²) < 4.78 is 0. The van der Waals surface area contributed by atoms with Crippen molar-refractivity contribution in [3.8, 4) is 5.75 Å². The molecule has 32 heavy (non-hydrogen) atoms. The fraction of sp³-hybridized carbons (Fsp3) is 0.0800. The van der Waals surface area contributed by atoms with Crippen LogP contribution < -0.4 is 10.7 Å². The number of amides is 2. The lowest BCUT2D eigenvalue weighted by Gasteiger charge is -2.10. The Morgan fingerprint density at radius 2 is 1.66 bits per heavy atom. The summed E-state index contributed by atoms with van der Waals surface area (Å²) in [5.41, 5.74) is 5.60. The number of hydrogen-bond donors (Lipinski definition) is 3. The number of nitrogens with zero attached hydrogens (tertiary/aromatic N) is 1. The first-order valence-corrected chi connectivity index (χ1v) is 10.2. The number of hydrogen-bond acceptors (Lipinski definition) is 4. The number of carbonyl (C=O) groups excluding carboxylic acids is 2. The van der Waals surface area contributed by atoms with Crippen LogP contribution >= 0.6 is 11.6 Å². The molecule has 2 amide bonds. The Bertz CT molecular complexity index is 1190. The minimum absolute atomic E-state index is 0.0274. The third-order valence-electron chi connectivity index (χ3n) is 4.65. The monoisotopic (exact) mass is 447 g/mol. The van der Waals surface area contributed by atoms with Crippen molar-refractivity contribution in [2.24, 2.45) is 5.10 Å². The molecular weight excluding hydrogens is 426 g/mol. The minimum atomic E-state index is -0.584. The van der Waals surface area contributed by atoms with Gasteiger partial charge in [0, 0.05) is 10.6 Å². The molecule has 0 saturated carbocycles. The first kappa shape index (κ1) is 22.8. The second-order valence-corrected chi connectivity index (χ2v) is 7.51. The van der Waals surface area contributed by atoms with E-state index in [1.807, 2.05) is 0 Å². The summed E-state index contributed by atoms with van der Waals surface area (Å²) in [4.78, 5) is 25.5. The lowest BCUT2D eigenvalue weighted by molar-refractivity contribution is -0.117. The summed E-state index contributed by atoms with van der Waals surface area (Å²) in [7, 11) is 0. The van der Waals surface area contributed by atoms with E-state index < -0.39 is 11.8 Å². The van der Waals surface area contributed by atoms with Crippen LogP contribution in [0.2, 0.25) is 5.02 Å². The molecule has 0 radical (unpaired) electrons. The first-order chi connectivity index (χ1) is 15.3. The molecule has 0 aromatic heterocycles. The molecule has 6 nitrogen and oxygen atoms in total. The fourth-order valence-electron chi connectivity index (χ4n) is 2.81. The largest absolute Gasteiger partial charge is 0.508 e. The van der Waals surface area contributed by atoms with Gasteiger partial charge in [0.25, 0.3) is 11.8 Å². The predicted molar refractivity (Wildman–Crippen MR) is 127 cm³/mol. The van der Waals surface area contributed by atoms with Crippen LogP contribution in [0.3, 0.4) is 0 Å². The third-order valence-corrected chi connectivity index (χ3v) is 4.90. The maximum absolute atomic E-state index is 12.9. The van der Waals surface area contributed by atoms with E-state index in [0.717, 1.165) is 5.56 Å². The third kappa shape index (κ3) is 6.06.